The third-order valence-electron chi connectivity index (χ3n) is 3.37. The lowest BCUT2D eigenvalue weighted by molar-refractivity contribution is 0.0304. The van der Waals surface area contributed by atoms with Gasteiger partial charge < -0.3 is 15.4 Å². The fourth-order valence-corrected chi connectivity index (χ4v) is 3.20. The highest BCUT2D eigenvalue weighted by Gasteiger charge is 2.22. The van der Waals surface area contributed by atoms with Crippen LogP contribution in [0, 0.1) is 0 Å². The standard InChI is InChI=1S/C14H22N2O2S/c1-2-3-4-5-11-10-12(13(15)19-11)14(17)16-6-8-18-9-7-16/h10H,2-9,15H2,1H3. The molecule has 1 aromatic heterocycles. The van der Waals surface area contributed by atoms with E-state index in [2.05, 4.69) is 6.92 Å². The Balaban J connectivity index is 2.00. The summed E-state index contributed by atoms with van der Waals surface area (Å²) in [6.07, 6.45) is 4.63. The topological polar surface area (TPSA) is 55.6 Å². The number of nitrogens with zero attached hydrogens (tertiary/aromatic N) is 1. The Morgan fingerprint density at radius 1 is 1.42 bits per heavy atom. The third kappa shape index (κ3) is 3.70. The Morgan fingerprint density at radius 3 is 2.84 bits per heavy atom. The van der Waals surface area contributed by atoms with Crippen LogP contribution in [0.4, 0.5) is 5.00 Å². The molecule has 2 heterocycles. The second-order valence-corrected chi connectivity index (χ2v) is 6.02. The first-order valence-electron chi connectivity index (χ1n) is 6.97. The van der Waals surface area contributed by atoms with E-state index in [0.717, 1.165) is 6.42 Å². The van der Waals surface area contributed by atoms with Gasteiger partial charge in [-0.15, -0.1) is 11.3 Å². The molecule has 106 valence electrons. The van der Waals surface area contributed by atoms with Crippen LogP contribution in [0.5, 0.6) is 0 Å². The van der Waals surface area contributed by atoms with Gasteiger partial charge in [-0.1, -0.05) is 19.8 Å². The van der Waals surface area contributed by atoms with Crippen molar-refractivity contribution in [1.82, 2.24) is 4.90 Å². The van der Waals surface area contributed by atoms with Crippen molar-refractivity contribution in [2.45, 2.75) is 32.6 Å². The number of nitrogen functional groups attached to an aromatic ring is 1. The van der Waals surface area contributed by atoms with Gasteiger partial charge in [0.2, 0.25) is 0 Å². The highest BCUT2D eigenvalue weighted by atomic mass is 32.1. The van der Waals surface area contributed by atoms with E-state index in [1.807, 2.05) is 11.0 Å². The minimum Gasteiger partial charge on any atom is -0.390 e. The van der Waals surface area contributed by atoms with Crippen molar-refractivity contribution in [3.8, 4) is 0 Å². The lowest BCUT2D eigenvalue weighted by Crippen LogP contribution is -2.40. The molecule has 0 spiro atoms. The predicted octanol–water partition coefficient (Wildman–Crippen LogP) is 2.54. The van der Waals surface area contributed by atoms with Gasteiger partial charge in [0.25, 0.3) is 5.91 Å². The molecule has 0 radical (unpaired) electrons. The van der Waals surface area contributed by atoms with E-state index in [-0.39, 0.29) is 5.91 Å². The van der Waals surface area contributed by atoms with Crippen molar-refractivity contribution >= 4 is 22.2 Å². The molecule has 1 amide bonds. The molecular weight excluding hydrogens is 260 g/mol. The Labute approximate surface area is 118 Å². The van der Waals surface area contributed by atoms with Crippen LogP contribution in [0.3, 0.4) is 0 Å². The summed E-state index contributed by atoms with van der Waals surface area (Å²) in [6, 6.07) is 1.98. The quantitative estimate of drug-likeness (QED) is 0.844. The molecule has 0 aromatic carbocycles. The minimum absolute atomic E-state index is 0.0544. The maximum Gasteiger partial charge on any atom is 0.257 e. The highest BCUT2D eigenvalue weighted by molar-refractivity contribution is 7.16. The van der Waals surface area contributed by atoms with Crippen molar-refractivity contribution in [3.05, 3.63) is 16.5 Å². The van der Waals surface area contributed by atoms with Crippen LogP contribution in [-0.4, -0.2) is 37.1 Å². The van der Waals surface area contributed by atoms with Crippen LogP contribution in [0.15, 0.2) is 6.07 Å². The van der Waals surface area contributed by atoms with Crippen LogP contribution in [0.2, 0.25) is 0 Å². The van der Waals surface area contributed by atoms with Gasteiger partial charge in [-0.2, -0.15) is 0 Å². The summed E-state index contributed by atoms with van der Waals surface area (Å²) in [7, 11) is 0. The number of amides is 1. The largest absolute Gasteiger partial charge is 0.390 e. The number of hydrogen-bond donors (Lipinski definition) is 1. The molecule has 1 fully saturated rings. The van der Waals surface area contributed by atoms with Crippen molar-refractivity contribution in [2.75, 3.05) is 32.0 Å². The Bertz CT molecular complexity index is 425. The van der Waals surface area contributed by atoms with E-state index in [0.29, 0.717) is 36.9 Å². The normalized spacial score (nSPS) is 15.7. The number of thiophene rings is 1. The van der Waals surface area contributed by atoms with Crippen molar-refractivity contribution in [2.24, 2.45) is 0 Å². The molecule has 19 heavy (non-hydrogen) atoms. The van der Waals surface area contributed by atoms with Crippen LogP contribution in [0.25, 0.3) is 0 Å². The van der Waals surface area contributed by atoms with E-state index in [1.54, 1.807) is 11.3 Å². The van der Waals surface area contributed by atoms with Crippen molar-refractivity contribution < 1.29 is 9.53 Å². The monoisotopic (exact) mass is 282 g/mol. The molecule has 4 nitrogen and oxygen atoms in total. The predicted molar refractivity (Wildman–Crippen MR) is 78.7 cm³/mol. The molecule has 5 heteroatoms. The molecule has 0 aliphatic carbocycles. The summed E-state index contributed by atoms with van der Waals surface area (Å²) in [5, 5.41) is 0.656. The van der Waals surface area contributed by atoms with E-state index < -0.39 is 0 Å². The van der Waals surface area contributed by atoms with Crippen LogP contribution >= 0.6 is 11.3 Å². The second-order valence-electron chi connectivity index (χ2n) is 4.85. The average molecular weight is 282 g/mol. The first-order chi connectivity index (χ1) is 9.22. The number of anilines is 1. The summed E-state index contributed by atoms with van der Waals surface area (Å²) in [5.74, 6) is 0.0544. The van der Waals surface area contributed by atoms with E-state index >= 15 is 0 Å². The first-order valence-corrected chi connectivity index (χ1v) is 7.79. The highest BCUT2D eigenvalue weighted by Crippen LogP contribution is 2.27. The van der Waals surface area contributed by atoms with E-state index in [4.69, 9.17) is 10.5 Å². The number of carbonyl (C=O) groups excluding carboxylic acids is 1. The van der Waals surface area contributed by atoms with Gasteiger partial charge in [0.1, 0.15) is 0 Å². The fourth-order valence-electron chi connectivity index (χ4n) is 2.23. The lowest BCUT2D eigenvalue weighted by atomic mass is 10.1. The molecule has 0 saturated carbocycles. The number of hydrogen-bond acceptors (Lipinski definition) is 4. The molecule has 1 aliphatic heterocycles. The van der Waals surface area contributed by atoms with E-state index in [1.165, 1.54) is 24.1 Å². The van der Waals surface area contributed by atoms with Crippen LogP contribution in [0.1, 0.15) is 41.4 Å². The molecule has 0 atom stereocenters. The Hall–Kier alpha value is -1.07. The van der Waals surface area contributed by atoms with Gasteiger partial charge in [-0.25, -0.2) is 0 Å². The zero-order chi connectivity index (χ0) is 13.7. The van der Waals surface area contributed by atoms with Gasteiger partial charge in [0, 0.05) is 18.0 Å². The fraction of sp³-hybridized carbons (Fsp3) is 0.643. The SMILES string of the molecule is CCCCCc1cc(C(=O)N2CCOCC2)c(N)s1. The third-order valence-corrected chi connectivity index (χ3v) is 4.39. The van der Waals surface area contributed by atoms with Gasteiger partial charge in [0.15, 0.2) is 0 Å². The molecule has 2 N–H and O–H groups in total. The van der Waals surface area contributed by atoms with Gasteiger partial charge in [-0.05, 0) is 18.9 Å². The second kappa shape index (κ2) is 6.91. The zero-order valence-electron chi connectivity index (χ0n) is 11.5. The smallest absolute Gasteiger partial charge is 0.257 e. The molecular formula is C14H22N2O2S. The van der Waals surface area contributed by atoms with Crippen molar-refractivity contribution in [3.63, 3.8) is 0 Å². The van der Waals surface area contributed by atoms with Gasteiger partial charge >= 0.3 is 0 Å². The van der Waals surface area contributed by atoms with Gasteiger partial charge in [0.05, 0.1) is 23.8 Å². The summed E-state index contributed by atoms with van der Waals surface area (Å²) in [5.41, 5.74) is 6.67. The maximum atomic E-state index is 12.4. The Kier molecular flexibility index (Phi) is 5.22. The summed E-state index contributed by atoms with van der Waals surface area (Å²) in [4.78, 5) is 15.4. The average Bonchev–Trinajstić information content (AvgIpc) is 2.80. The van der Waals surface area contributed by atoms with Crippen LogP contribution in [-0.2, 0) is 11.2 Å². The number of carbonyl (C=O) groups is 1. The molecule has 2 rings (SSSR count). The van der Waals surface area contributed by atoms with E-state index in [9.17, 15) is 4.79 Å². The van der Waals surface area contributed by atoms with Gasteiger partial charge in [-0.3, -0.25) is 4.79 Å². The first kappa shape index (κ1) is 14.3. The molecule has 1 aromatic rings. The lowest BCUT2D eigenvalue weighted by Gasteiger charge is -2.26. The maximum absolute atomic E-state index is 12.4. The molecule has 1 aliphatic rings. The number of rotatable bonds is 5. The van der Waals surface area contributed by atoms with Crippen LogP contribution < -0.4 is 5.73 Å². The number of morpholine rings is 1. The number of aryl methyl sites for hydroxylation is 1. The number of nitrogens with two attached hydrogens (primary N) is 1. The molecule has 0 bridgehead atoms. The minimum atomic E-state index is 0.0544. The summed E-state index contributed by atoms with van der Waals surface area (Å²) in [6.45, 7) is 4.77. The number of unbranched alkanes of at least 4 members (excludes halogenated alkanes) is 2. The number of ether oxygens (including phenoxy) is 1. The summed E-state index contributed by atoms with van der Waals surface area (Å²) < 4.78 is 5.26. The summed E-state index contributed by atoms with van der Waals surface area (Å²) >= 11 is 1.56. The Morgan fingerprint density at radius 2 is 2.16 bits per heavy atom. The zero-order valence-corrected chi connectivity index (χ0v) is 12.3. The molecule has 0 unspecified atom stereocenters. The van der Waals surface area contributed by atoms with Crippen molar-refractivity contribution in [1.29, 1.82) is 0 Å². The molecule has 1 saturated heterocycles.